The fourth-order valence-electron chi connectivity index (χ4n) is 2.65. The van der Waals surface area contributed by atoms with Crippen LogP contribution in [0.1, 0.15) is 5.69 Å². The number of amides is 3. The largest absolute Gasteiger partial charge is 0.477 e. The maximum absolute atomic E-state index is 12.7. The number of hydrogen-bond acceptors (Lipinski definition) is 10. The molecule has 0 spiro atoms. The number of thiazole rings is 1. The summed E-state index contributed by atoms with van der Waals surface area (Å²) in [5, 5.41) is 19.0. The zero-order chi connectivity index (χ0) is 21.1. The van der Waals surface area contributed by atoms with Crippen LogP contribution in [0.4, 0.5) is 5.13 Å². The van der Waals surface area contributed by atoms with Gasteiger partial charge in [0.05, 0.1) is 6.54 Å². The van der Waals surface area contributed by atoms with Crippen LogP contribution in [0, 0.1) is 0 Å². The van der Waals surface area contributed by atoms with E-state index in [9.17, 15) is 24.3 Å². The second-order valence-electron chi connectivity index (χ2n) is 5.69. The van der Waals surface area contributed by atoms with Gasteiger partial charge in [-0.05, 0) is 6.08 Å². The number of nitrogens with one attached hydrogen (secondary N) is 2. The van der Waals surface area contributed by atoms with Crippen molar-refractivity contribution < 1.29 is 29.1 Å². The maximum atomic E-state index is 12.7. The number of carboxylic acid groups (broad SMARTS) is 1. The Labute approximate surface area is 172 Å². The zero-order valence-electron chi connectivity index (χ0n) is 14.9. The lowest BCUT2D eigenvalue weighted by Gasteiger charge is -2.48. The molecule has 3 amide bonds. The number of carbonyl (C=O) groups excluding carboxylic acids is 3. The van der Waals surface area contributed by atoms with E-state index in [4.69, 9.17) is 10.6 Å². The number of carboxylic acids is 1. The van der Waals surface area contributed by atoms with Gasteiger partial charge in [-0.1, -0.05) is 5.16 Å². The van der Waals surface area contributed by atoms with Gasteiger partial charge < -0.3 is 26.3 Å². The molecule has 154 valence electrons. The van der Waals surface area contributed by atoms with Crippen molar-refractivity contribution >= 4 is 57.6 Å². The van der Waals surface area contributed by atoms with E-state index >= 15 is 0 Å². The van der Waals surface area contributed by atoms with E-state index in [-0.39, 0.29) is 28.8 Å². The van der Waals surface area contributed by atoms with Gasteiger partial charge in [0.25, 0.3) is 11.8 Å². The highest BCUT2D eigenvalue weighted by Crippen LogP contribution is 2.37. The first-order chi connectivity index (χ1) is 13.9. The van der Waals surface area contributed by atoms with Crippen LogP contribution in [0.3, 0.4) is 0 Å². The third-order valence-electron chi connectivity index (χ3n) is 3.93. The molecule has 29 heavy (non-hydrogen) atoms. The minimum Gasteiger partial charge on any atom is -0.477 e. The lowest BCUT2D eigenvalue weighted by Crippen LogP contribution is -2.70. The molecule has 0 aromatic carbocycles. The third-order valence-corrected chi connectivity index (χ3v) is 5.87. The number of thioether (sulfide) groups is 1. The number of hydrogen-bond donors (Lipinski definition) is 4. The summed E-state index contributed by atoms with van der Waals surface area (Å²) < 4.78 is 0. The van der Waals surface area contributed by atoms with E-state index in [1.807, 2.05) is 0 Å². The molecular formula is C15H16N6O6S2. The van der Waals surface area contributed by atoms with Crippen LogP contribution >= 0.6 is 23.1 Å². The Kier molecular flexibility index (Phi) is 6.14. The molecule has 12 nitrogen and oxygen atoms in total. The number of aliphatic carboxylic acids is 1. The number of fused-ring (bicyclic) bond motifs is 1. The van der Waals surface area contributed by atoms with Crippen molar-refractivity contribution in [3.8, 4) is 0 Å². The molecule has 2 atom stereocenters. The molecule has 2 aliphatic rings. The summed E-state index contributed by atoms with van der Waals surface area (Å²) in [5.41, 5.74) is 5.07. The topological polar surface area (TPSA) is 176 Å². The Bertz CT molecular complexity index is 928. The molecule has 1 saturated heterocycles. The summed E-state index contributed by atoms with van der Waals surface area (Å²) in [6.07, 6.45) is 1.45. The number of β-lactam (4-membered cyclic amide) rings is 1. The molecule has 2 aliphatic heterocycles. The molecule has 14 heteroatoms. The van der Waals surface area contributed by atoms with Gasteiger partial charge in [-0.3, -0.25) is 19.3 Å². The minimum absolute atomic E-state index is 0.102. The molecule has 1 aromatic rings. The molecule has 0 bridgehead atoms. The first kappa shape index (κ1) is 20.8. The number of oxime groups is 1. The summed E-state index contributed by atoms with van der Waals surface area (Å²) >= 11 is 2.39. The Morgan fingerprint density at radius 3 is 2.90 bits per heavy atom. The first-order valence-electron chi connectivity index (χ1n) is 8.13. The molecular weight excluding hydrogens is 424 g/mol. The summed E-state index contributed by atoms with van der Waals surface area (Å²) in [7, 11) is 1.24. The van der Waals surface area contributed by atoms with E-state index in [0.29, 0.717) is 5.75 Å². The predicted octanol–water partition coefficient (Wildman–Crippen LogP) is -1.24. The van der Waals surface area contributed by atoms with Gasteiger partial charge in [0, 0.05) is 11.1 Å². The van der Waals surface area contributed by atoms with Crippen LogP contribution < -0.4 is 16.4 Å². The minimum atomic E-state index is -1.20. The van der Waals surface area contributed by atoms with E-state index in [2.05, 4.69) is 20.8 Å². The van der Waals surface area contributed by atoms with Crippen LogP contribution in [0.2, 0.25) is 0 Å². The maximum Gasteiger partial charge on any atom is 0.352 e. The van der Waals surface area contributed by atoms with Crippen molar-refractivity contribution in [1.82, 2.24) is 15.2 Å². The average molecular weight is 440 g/mol. The molecule has 0 aliphatic carbocycles. The third kappa shape index (κ3) is 4.08. The van der Waals surface area contributed by atoms with E-state index in [0.717, 1.165) is 16.2 Å². The van der Waals surface area contributed by atoms with Gasteiger partial charge in [0.15, 0.2) is 10.8 Å². The molecule has 3 rings (SSSR count). The number of carbonyl (C=O) groups is 4. The smallest absolute Gasteiger partial charge is 0.352 e. The molecule has 5 N–H and O–H groups in total. The van der Waals surface area contributed by atoms with Crippen LogP contribution in [0.15, 0.2) is 22.3 Å². The molecule has 0 saturated carbocycles. The quantitative estimate of drug-likeness (QED) is 0.229. The lowest BCUT2D eigenvalue weighted by atomic mass is 10.0. The average Bonchev–Trinajstić information content (AvgIpc) is 3.16. The predicted molar refractivity (Wildman–Crippen MR) is 104 cm³/mol. The number of rotatable bonds is 7. The first-order valence-corrected chi connectivity index (χ1v) is 10.1. The number of nitrogens with two attached hydrogens (primary N) is 1. The molecule has 3 heterocycles. The fourth-order valence-corrected chi connectivity index (χ4v) is 4.56. The van der Waals surface area contributed by atoms with Crippen molar-refractivity contribution in [2.45, 2.75) is 11.4 Å². The van der Waals surface area contributed by atoms with Gasteiger partial charge in [0.1, 0.15) is 29.9 Å². The van der Waals surface area contributed by atoms with Crippen molar-refractivity contribution in [3.63, 3.8) is 0 Å². The highest BCUT2D eigenvalue weighted by atomic mass is 32.2. The van der Waals surface area contributed by atoms with Gasteiger partial charge in [-0.2, -0.15) is 0 Å². The number of anilines is 1. The molecule has 1 aromatic heterocycles. The van der Waals surface area contributed by atoms with E-state index in [1.165, 1.54) is 30.3 Å². The van der Waals surface area contributed by atoms with Gasteiger partial charge in [-0.25, -0.2) is 9.78 Å². The fraction of sp³-hybridized carbons (Fsp3) is 0.333. The van der Waals surface area contributed by atoms with Crippen LogP contribution in [0.25, 0.3) is 0 Å². The molecule has 1 fully saturated rings. The lowest BCUT2D eigenvalue weighted by molar-refractivity contribution is -0.150. The summed E-state index contributed by atoms with van der Waals surface area (Å²) in [6.45, 7) is -0.222. The van der Waals surface area contributed by atoms with E-state index in [1.54, 1.807) is 0 Å². The van der Waals surface area contributed by atoms with Gasteiger partial charge in [-0.15, -0.1) is 23.1 Å². The van der Waals surface area contributed by atoms with E-state index < -0.39 is 35.1 Å². The Morgan fingerprint density at radius 2 is 2.24 bits per heavy atom. The second kappa shape index (κ2) is 8.59. The molecule has 0 radical (unpaired) electrons. The highest BCUT2D eigenvalue weighted by Gasteiger charge is 2.53. The summed E-state index contributed by atoms with van der Waals surface area (Å²) in [6, 6.07) is -0.910. The second-order valence-corrected chi connectivity index (χ2v) is 7.70. The van der Waals surface area contributed by atoms with Crippen molar-refractivity contribution in [2.24, 2.45) is 10.9 Å². The van der Waals surface area contributed by atoms with Crippen molar-refractivity contribution in [2.75, 3.05) is 24.7 Å². The van der Waals surface area contributed by atoms with Crippen molar-refractivity contribution in [3.05, 3.63) is 22.8 Å². The zero-order valence-corrected chi connectivity index (χ0v) is 16.6. The molecule has 0 unspecified atom stereocenters. The summed E-state index contributed by atoms with van der Waals surface area (Å²) in [4.78, 5) is 57.6. The van der Waals surface area contributed by atoms with Gasteiger partial charge >= 0.3 is 5.97 Å². The SMILES string of the molecule is CO/N=C(\C(=O)N[C@@H]1C(=O)N2C(C(=O)O)=CCS[C@H]12)c1csc(NC(=O)CN)n1. The Hall–Kier alpha value is -2.97. The van der Waals surface area contributed by atoms with Gasteiger partial charge in [0.2, 0.25) is 5.91 Å². The van der Waals surface area contributed by atoms with Crippen molar-refractivity contribution in [1.29, 1.82) is 0 Å². The standard InChI is InChI=1S/C15H16N6O6S2/c1-27-20-9(6-5-29-15(17-6)18-8(22)4-16)11(23)19-10-12(24)21-7(14(25)26)2-3-28-13(10)21/h2,5,10,13H,3-4,16H2,1H3,(H,19,23)(H,25,26)(H,17,18,22)/b20-9-/t10-,13-/m1/s1. The normalized spacial score (nSPS) is 20.9. The van der Waals surface area contributed by atoms with Crippen LogP contribution in [-0.2, 0) is 24.0 Å². The Morgan fingerprint density at radius 1 is 1.48 bits per heavy atom. The monoisotopic (exact) mass is 440 g/mol. The summed E-state index contributed by atoms with van der Waals surface area (Å²) in [5.74, 6) is -2.51. The Balaban J connectivity index is 1.73. The number of nitrogens with zero attached hydrogens (tertiary/aromatic N) is 3. The number of aromatic nitrogens is 1. The van der Waals surface area contributed by atoms with Crippen LogP contribution in [0.5, 0.6) is 0 Å². The van der Waals surface area contributed by atoms with Crippen LogP contribution in [-0.4, -0.2) is 75.2 Å². The highest BCUT2D eigenvalue weighted by molar-refractivity contribution is 8.00.